The Balaban J connectivity index is 2.26. The molecule has 1 aliphatic rings. The summed E-state index contributed by atoms with van der Waals surface area (Å²) >= 11 is 0. The van der Waals surface area contributed by atoms with Gasteiger partial charge >= 0.3 is 0 Å². The number of piperidine rings is 1. The van der Waals surface area contributed by atoms with Gasteiger partial charge in [-0.1, -0.05) is 12.5 Å². The number of likely N-dealkylation sites (N-methyl/N-ethyl adjacent to an activating group) is 1. The molecule has 0 saturated carbocycles. The Kier molecular flexibility index (Phi) is 6.41. The van der Waals surface area contributed by atoms with E-state index >= 15 is 0 Å². The van der Waals surface area contributed by atoms with Crippen molar-refractivity contribution in [2.75, 3.05) is 27.2 Å². The van der Waals surface area contributed by atoms with Gasteiger partial charge in [0.15, 0.2) is 0 Å². The van der Waals surface area contributed by atoms with E-state index in [1.54, 1.807) is 34.0 Å². The van der Waals surface area contributed by atoms with E-state index in [4.69, 9.17) is 0 Å². The summed E-state index contributed by atoms with van der Waals surface area (Å²) in [5, 5.41) is 2.64. The first-order valence-corrected chi connectivity index (χ1v) is 10.2. The molecule has 0 unspecified atom stereocenters. The molecule has 1 heterocycles. The van der Waals surface area contributed by atoms with Gasteiger partial charge in [0.1, 0.15) is 6.04 Å². The van der Waals surface area contributed by atoms with Gasteiger partial charge in [-0.2, -0.15) is 4.31 Å². The van der Waals surface area contributed by atoms with Crippen molar-refractivity contribution >= 4 is 21.8 Å². The van der Waals surface area contributed by atoms with Crippen molar-refractivity contribution < 1.29 is 18.0 Å². The predicted molar refractivity (Wildman–Crippen MR) is 99.4 cm³/mol. The molecular formula is C18H27N3O4S. The molecular weight excluding hydrogens is 354 g/mol. The van der Waals surface area contributed by atoms with E-state index in [1.807, 2.05) is 0 Å². The van der Waals surface area contributed by atoms with Crippen molar-refractivity contribution in [2.45, 2.75) is 44.0 Å². The van der Waals surface area contributed by atoms with Crippen LogP contribution in [-0.4, -0.2) is 62.7 Å². The summed E-state index contributed by atoms with van der Waals surface area (Å²) in [6.45, 7) is 4.35. The van der Waals surface area contributed by atoms with Crippen molar-refractivity contribution in [3.63, 3.8) is 0 Å². The van der Waals surface area contributed by atoms with Crippen LogP contribution < -0.4 is 5.32 Å². The molecule has 1 atom stereocenters. The molecule has 144 valence electrons. The third kappa shape index (κ3) is 4.42. The van der Waals surface area contributed by atoms with Gasteiger partial charge in [0.05, 0.1) is 4.90 Å². The Morgan fingerprint density at radius 1 is 1.15 bits per heavy atom. The molecule has 1 saturated heterocycles. The lowest BCUT2D eigenvalue weighted by Gasteiger charge is -2.26. The molecule has 0 aromatic heterocycles. The molecule has 1 aromatic carbocycles. The van der Waals surface area contributed by atoms with Crippen LogP contribution in [0.3, 0.4) is 0 Å². The van der Waals surface area contributed by atoms with E-state index in [9.17, 15) is 18.0 Å². The summed E-state index contributed by atoms with van der Waals surface area (Å²) in [6.07, 6.45) is 2.73. The minimum atomic E-state index is -3.61. The van der Waals surface area contributed by atoms with Crippen LogP contribution in [0.1, 0.15) is 42.1 Å². The van der Waals surface area contributed by atoms with Crippen LogP contribution in [0.2, 0.25) is 0 Å². The molecule has 1 aromatic rings. The Bertz CT molecular complexity index is 784. The van der Waals surface area contributed by atoms with Crippen molar-refractivity contribution in [1.29, 1.82) is 0 Å². The van der Waals surface area contributed by atoms with Crippen LogP contribution in [0.15, 0.2) is 23.1 Å². The van der Waals surface area contributed by atoms with Crippen LogP contribution in [0.4, 0.5) is 0 Å². The zero-order chi connectivity index (χ0) is 19.5. The van der Waals surface area contributed by atoms with E-state index in [1.165, 1.54) is 21.3 Å². The number of nitrogens with one attached hydrogen (secondary N) is 1. The first kappa shape index (κ1) is 20.4. The van der Waals surface area contributed by atoms with Crippen LogP contribution in [0.5, 0.6) is 0 Å². The largest absolute Gasteiger partial charge is 0.347 e. The first-order valence-electron chi connectivity index (χ1n) is 8.77. The highest BCUT2D eigenvalue weighted by Gasteiger charge is 2.27. The Morgan fingerprint density at radius 3 is 2.35 bits per heavy atom. The number of nitrogens with zero attached hydrogens (tertiary/aromatic N) is 2. The van der Waals surface area contributed by atoms with Crippen molar-refractivity contribution in [2.24, 2.45) is 0 Å². The Morgan fingerprint density at radius 2 is 1.77 bits per heavy atom. The highest BCUT2D eigenvalue weighted by atomic mass is 32.2. The van der Waals surface area contributed by atoms with Crippen LogP contribution >= 0.6 is 0 Å². The SMILES string of the molecule is Cc1ccc(S(=O)(=O)N2CCCCC2)cc1C(=O)N[C@H](C)C(=O)N(C)C. The molecule has 7 nitrogen and oxygen atoms in total. The third-order valence-electron chi connectivity index (χ3n) is 4.57. The molecule has 0 radical (unpaired) electrons. The van der Waals surface area contributed by atoms with Crippen LogP contribution in [-0.2, 0) is 14.8 Å². The smallest absolute Gasteiger partial charge is 0.252 e. The summed E-state index contributed by atoms with van der Waals surface area (Å²) in [4.78, 5) is 26.0. The molecule has 26 heavy (non-hydrogen) atoms. The van der Waals surface area contributed by atoms with Gasteiger partial charge in [0.25, 0.3) is 5.91 Å². The van der Waals surface area contributed by atoms with Crippen LogP contribution in [0.25, 0.3) is 0 Å². The zero-order valence-corrected chi connectivity index (χ0v) is 16.6. The van der Waals surface area contributed by atoms with Gasteiger partial charge in [0, 0.05) is 32.7 Å². The maximum atomic E-state index is 12.8. The summed E-state index contributed by atoms with van der Waals surface area (Å²) in [5.74, 6) is -0.686. The maximum Gasteiger partial charge on any atom is 0.252 e. The summed E-state index contributed by atoms with van der Waals surface area (Å²) in [5.41, 5.74) is 0.922. The number of amides is 2. The standard InChI is InChI=1S/C18H27N3O4S/c1-13-8-9-15(26(24,25)21-10-6-5-7-11-21)12-16(13)17(22)19-14(2)18(23)20(3)4/h8-9,12,14H,5-7,10-11H2,1-4H3,(H,19,22)/t14-/m1/s1. The molecule has 0 bridgehead atoms. The quantitative estimate of drug-likeness (QED) is 0.835. The fraction of sp³-hybridized carbons (Fsp3) is 0.556. The number of carbonyl (C=O) groups is 2. The Hall–Kier alpha value is -1.93. The lowest BCUT2D eigenvalue weighted by molar-refractivity contribution is -0.130. The molecule has 2 amide bonds. The summed E-state index contributed by atoms with van der Waals surface area (Å²) in [7, 11) is -0.389. The first-order chi connectivity index (χ1) is 12.1. The second-order valence-corrected chi connectivity index (χ2v) is 8.81. The van der Waals surface area contributed by atoms with Gasteiger partial charge in [-0.3, -0.25) is 9.59 Å². The zero-order valence-electron chi connectivity index (χ0n) is 15.8. The average Bonchev–Trinajstić information content (AvgIpc) is 2.61. The topological polar surface area (TPSA) is 86.8 Å². The van der Waals surface area contributed by atoms with Crippen LogP contribution in [0, 0.1) is 6.92 Å². The number of hydrogen-bond acceptors (Lipinski definition) is 4. The number of aryl methyl sites for hydroxylation is 1. The fourth-order valence-electron chi connectivity index (χ4n) is 2.98. The molecule has 2 rings (SSSR count). The second-order valence-electron chi connectivity index (χ2n) is 6.87. The van der Waals surface area contributed by atoms with E-state index in [0.717, 1.165) is 19.3 Å². The average molecular weight is 381 g/mol. The molecule has 0 aliphatic carbocycles. The molecule has 1 N–H and O–H groups in total. The van der Waals surface area contributed by atoms with Gasteiger partial charge in [-0.25, -0.2) is 8.42 Å². The monoisotopic (exact) mass is 381 g/mol. The van der Waals surface area contributed by atoms with E-state index in [0.29, 0.717) is 18.7 Å². The van der Waals surface area contributed by atoms with Crippen molar-refractivity contribution in [3.05, 3.63) is 29.3 Å². The van der Waals surface area contributed by atoms with Crippen molar-refractivity contribution in [1.82, 2.24) is 14.5 Å². The van der Waals surface area contributed by atoms with E-state index < -0.39 is 22.0 Å². The molecule has 0 spiro atoms. The lowest BCUT2D eigenvalue weighted by Crippen LogP contribution is -2.44. The number of benzene rings is 1. The Labute approximate surface area is 155 Å². The van der Waals surface area contributed by atoms with Gasteiger partial charge in [-0.05, 0) is 44.4 Å². The fourth-order valence-corrected chi connectivity index (χ4v) is 4.53. The highest BCUT2D eigenvalue weighted by molar-refractivity contribution is 7.89. The van der Waals surface area contributed by atoms with E-state index in [-0.39, 0.29) is 16.4 Å². The summed E-state index contributed by atoms with van der Waals surface area (Å²) < 4.78 is 27.1. The van der Waals surface area contributed by atoms with Gasteiger partial charge in [-0.15, -0.1) is 0 Å². The number of sulfonamides is 1. The lowest BCUT2D eigenvalue weighted by atomic mass is 10.1. The van der Waals surface area contributed by atoms with Gasteiger partial charge in [0.2, 0.25) is 15.9 Å². The number of hydrogen-bond donors (Lipinski definition) is 1. The third-order valence-corrected chi connectivity index (χ3v) is 6.46. The predicted octanol–water partition coefficient (Wildman–Crippen LogP) is 1.38. The minimum absolute atomic E-state index is 0.113. The number of carbonyl (C=O) groups excluding carboxylic acids is 2. The highest BCUT2D eigenvalue weighted by Crippen LogP contribution is 2.23. The maximum absolute atomic E-state index is 12.8. The second kappa shape index (κ2) is 8.18. The summed E-state index contributed by atoms with van der Waals surface area (Å²) in [6, 6.07) is 3.87. The van der Waals surface area contributed by atoms with E-state index in [2.05, 4.69) is 5.32 Å². The minimum Gasteiger partial charge on any atom is -0.347 e. The molecule has 1 fully saturated rings. The van der Waals surface area contributed by atoms with Crippen molar-refractivity contribution in [3.8, 4) is 0 Å². The van der Waals surface area contributed by atoms with Gasteiger partial charge < -0.3 is 10.2 Å². The molecule has 8 heteroatoms. The normalized spacial score (nSPS) is 16.8. The number of rotatable bonds is 5. The molecule has 1 aliphatic heterocycles.